The zero-order valence-electron chi connectivity index (χ0n) is 12.3. The maximum Gasteiger partial charge on any atom is 0.0653 e. The van der Waals surface area contributed by atoms with Crippen LogP contribution in [0.3, 0.4) is 0 Å². The van der Waals surface area contributed by atoms with Crippen LogP contribution < -0.4 is 0 Å². The normalized spacial score (nSPS) is 49.8. The van der Waals surface area contributed by atoms with Crippen molar-refractivity contribution in [2.24, 2.45) is 22.7 Å². The molecule has 0 unspecified atom stereocenters. The van der Waals surface area contributed by atoms with Crippen LogP contribution in [0.15, 0.2) is 0 Å². The van der Waals surface area contributed by atoms with Gasteiger partial charge in [-0.05, 0) is 55.3 Å². The molecule has 0 spiro atoms. The molecule has 0 radical (unpaired) electrons. The molecule has 0 aliphatic heterocycles. The predicted molar refractivity (Wildman–Crippen MR) is 72.9 cm³/mol. The summed E-state index contributed by atoms with van der Waals surface area (Å²) in [7, 11) is 0. The molecule has 0 bridgehead atoms. The zero-order chi connectivity index (χ0) is 12.9. The number of hydrogen-bond acceptors (Lipinski definition) is 1. The Labute approximate surface area is 107 Å². The molecule has 1 heteroatoms. The summed E-state index contributed by atoms with van der Waals surface area (Å²) in [4.78, 5) is 0. The Kier molecular flexibility index (Phi) is 3.14. The Bertz CT molecular complexity index is 280. The lowest BCUT2D eigenvalue weighted by Gasteiger charge is -2.61. The summed E-state index contributed by atoms with van der Waals surface area (Å²) in [6, 6.07) is 0. The predicted octanol–water partition coefficient (Wildman–Crippen LogP) is 4.39. The minimum Gasteiger partial charge on any atom is -0.390 e. The second kappa shape index (κ2) is 3.98. The van der Waals surface area contributed by atoms with E-state index in [2.05, 4.69) is 34.6 Å². The van der Waals surface area contributed by atoms with Crippen LogP contribution in [-0.2, 0) is 0 Å². The molecular weight excluding hydrogens is 208 g/mol. The molecule has 17 heavy (non-hydrogen) atoms. The highest BCUT2D eigenvalue weighted by atomic mass is 16.3. The highest BCUT2D eigenvalue weighted by molar-refractivity contribution is 5.06. The first-order valence-electron chi connectivity index (χ1n) is 7.46. The van der Waals surface area contributed by atoms with Crippen LogP contribution in [0.1, 0.15) is 73.1 Å². The van der Waals surface area contributed by atoms with Crippen LogP contribution in [0.2, 0.25) is 0 Å². The van der Waals surface area contributed by atoms with Gasteiger partial charge in [0.05, 0.1) is 5.60 Å². The molecule has 0 amide bonds. The van der Waals surface area contributed by atoms with Gasteiger partial charge in [0.1, 0.15) is 0 Å². The first-order chi connectivity index (χ1) is 7.74. The van der Waals surface area contributed by atoms with E-state index < -0.39 is 5.60 Å². The summed E-state index contributed by atoms with van der Waals surface area (Å²) in [5.74, 6) is 1.28. The topological polar surface area (TPSA) is 20.2 Å². The van der Waals surface area contributed by atoms with E-state index in [1.54, 1.807) is 0 Å². The SMILES string of the molecule is CC[C@@H]1[C@@]2(C)CCCC(C)(C)[C@@H]2CC[C@]1(C)O. The van der Waals surface area contributed by atoms with Crippen molar-refractivity contribution in [1.29, 1.82) is 0 Å². The fourth-order valence-electron chi connectivity index (χ4n) is 5.53. The molecule has 0 aromatic carbocycles. The van der Waals surface area contributed by atoms with E-state index in [4.69, 9.17) is 0 Å². The Hall–Kier alpha value is -0.0400. The van der Waals surface area contributed by atoms with Crippen molar-refractivity contribution in [2.75, 3.05) is 0 Å². The fourth-order valence-corrected chi connectivity index (χ4v) is 5.53. The molecule has 0 aromatic heterocycles. The molecular formula is C16H30O. The minimum atomic E-state index is -0.437. The van der Waals surface area contributed by atoms with Crippen LogP contribution in [0.25, 0.3) is 0 Å². The third kappa shape index (κ3) is 1.95. The number of rotatable bonds is 1. The van der Waals surface area contributed by atoms with Gasteiger partial charge in [-0.1, -0.05) is 40.5 Å². The summed E-state index contributed by atoms with van der Waals surface area (Å²) >= 11 is 0. The van der Waals surface area contributed by atoms with Crippen LogP contribution in [0, 0.1) is 22.7 Å². The van der Waals surface area contributed by atoms with Crippen molar-refractivity contribution < 1.29 is 5.11 Å². The summed E-state index contributed by atoms with van der Waals surface area (Å²) in [6.45, 7) is 11.7. The van der Waals surface area contributed by atoms with Gasteiger partial charge in [0.2, 0.25) is 0 Å². The lowest BCUT2D eigenvalue weighted by Crippen LogP contribution is -2.57. The lowest BCUT2D eigenvalue weighted by atomic mass is 9.45. The second-order valence-corrected chi connectivity index (χ2v) is 7.76. The maximum atomic E-state index is 10.7. The third-order valence-electron chi connectivity index (χ3n) is 6.17. The molecule has 0 heterocycles. The van der Waals surface area contributed by atoms with Gasteiger partial charge in [0.15, 0.2) is 0 Å². The van der Waals surface area contributed by atoms with Crippen LogP contribution in [0.4, 0.5) is 0 Å². The van der Waals surface area contributed by atoms with Gasteiger partial charge >= 0.3 is 0 Å². The maximum absolute atomic E-state index is 10.7. The molecule has 2 fully saturated rings. The monoisotopic (exact) mass is 238 g/mol. The quantitative estimate of drug-likeness (QED) is 0.718. The molecule has 0 aromatic rings. The molecule has 4 atom stereocenters. The molecule has 0 saturated heterocycles. The van der Waals surface area contributed by atoms with Crippen molar-refractivity contribution in [3.8, 4) is 0 Å². The number of fused-ring (bicyclic) bond motifs is 1. The van der Waals surface area contributed by atoms with Crippen LogP contribution in [0.5, 0.6) is 0 Å². The molecule has 100 valence electrons. The summed E-state index contributed by atoms with van der Waals surface area (Å²) in [6.07, 6.45) is 7.35. The Morgan fingerprint density at radius 2 is 1.71 bits per heavy atom. The largest absolute Gasteiger partial charge is 0.390 e. The zero-order valence-corrected chi connectivity index (χ0v) is 12.3. The van der Waals surface area contributed by atoms with Crippen molar-refractivity contribution in [1.82, 2.24) is 0 Å². The minimum absolute atomic E-state index is 0.359. The molecule has 1 nitrogen and oxygen atoms in total. The van der Waals surface area contributed by atoms with E-state index in [9.17, 15) is 5.11 Å². The first-order valence-corrected chi connectivity index (χ1v) is 7.46. The van der Waals surface area contributed by atoms with Gasteiger partial charge < -0.3 is 5.11 Å². The molecule has 2 rings (SSSR count). The van der Waals surface area contributed by atoms with E-state index in [0.717, 1.165) is 18.8 Å². The molecule has 2 aliphatic rings. The highest BCUT2D eigenvalue weighted by Gasteiger charge is 2.57. The fraction of sp³-hybridized carbons (Fsp3) is 1.00. The number of hydrogen-bond donors (Lipinski definition) is 1. The van der Waals surface area contributed by atoms with Gasteiger partial charge in [-0.3, -0.25) is 0 Å². The van der Waals surface area contributed by atoms with E-state index in [1.165, 1.54) is 25.7 Å². The van der Waals surface area contributed by atoms with E-state index in [1.807, 2.05) is 0 Å². The average molecular weight is 238 g/mol. The van der Waals surface area contributed by atoms with Crippen molar-refractivity contribution in [3.05, 3.63) is 0 Å². The van der Waals surface area contributed by atoms with Crippen molar-refractivity contribution >= 4 is 0 Å². The van der Waals surface area contributed by atoms with Gasteiger partial charge in [-0.15, -0.1) is 0 Å². The standard InChI is InChI=1S/C16H30O/c1-6-12-15(4)10-7-9-14(2,3)13(15)8-11-16(12,5)17/h12-13,17H,6-11H2,1-5H3/t12-,13+,15-,16+/m1/s1. The molecule has 2 aliphatic carbocycles. The lowest BCUT2D eigenvalue weighted by molar-refractivity contribution is -0.167. The van der Waals surface area contributed by atoms with Crippen molar-refractivity contribution in [2.45, 2.75) is 78.7 Å². The summed E-state index contributed by atoms with van der Waals surface area (Å²) in [5, 5.41) is 10.7. The van der Waals surface area contributed by atoms with Crippen LogP contribution >= 0.6 is 0 Å². The van der Waals surface area contributed by atoms with E-state index in [0.29, 0.717) is 16.7 Å². The Morgan fingerprint density at radius 1 is 1.06 bits per heavy atom. The van der Waals surface area contributed by atoms with E-state index in [-0.39, 0.29) is 0 Å². The average Bonchev–Trinajstić information content (AvgIpc) is 2.14. The van der Waals surface area contributed by atoms with Gasteiger partial charge in [-0.2, -0.15) is 0 Å². The second-order valence-electron chi connectivity index (χ2n) is 7.76. The van der Waals surface area contributed by atoms with Gasteiger partial charge in [-0.25, -0.2) is 0 Å². The summed E-state index contributed by atoms with van der Waals surface area (Å²) < 4.78 is 0. The molecule has 2 saturated carbocycles. The highest BCUT2D eigenvalue weighted by Crippen LogP contribution is 2.62. The van der Waals surface area contributed by atoms with Gasteiger partial charge in [0, 0.05) is 0 Å². The Morgan fingerprint density at radius 3 is 2.29 bits per heavy atom. The Balaban J connectivity index is 2.37. The third-order valence-corrected chi connectivity index (χ3v) is 6.17. The van der Waals surface area contributed by atoms with E-state index >= 15 is 0 Å². The first kappa shape index (κ1) is 13.4. The number of aliphatic hydroxyl groups is 1. The van der Waals surface area contributed by atoms with Crippen molar-refractivity contribution in [3.63, 3.8) is 0 Å². The molecule has 1 N–H and O–H groups in total. The smallest absolute Gasteiger partial charge is 0.0653 e. The summed E-state index contributed by atoms with van der Waals surface area (Å²) in [5.41, 5.74) is 0.391. The van der Waals surface area contributed by atoms with Gasteiger partial charge in [0.25, 0.3) is 0 Å². The van der Waals surface area contributed by atoms with Crippen LogP contribution in [-0.4, -0.2) is 10.7 Å².